The Morgan fingerprint density at radius 2 is 2.29 bits per heavy atom. The second-order valence-electron chi connectivity index (χ2n) is 3.59. The van der Waals surface area contributed by atoms with E-state index >= 15 is 0 Å². The smallest absolute Gasteiger partial charge is 0.336 e. The van der Waals surface area contributed by atoms with E-state index in [1.807, 2.05) is 0 Å². The lowest BCUT2D eigenvalue weighted by Gasteiger charge is -2.48. The third-order valence-corrected chi connectivity index (χ3v) is 3.89. The van der Waals surface area contributed by atoms with Crippen molar-refractivity contribution in [1.29, 1.82) is 0 Å². The van der Waals surface area contributed by atoms with Crippen LogP contribution in [0, 0.1) is 0 Å². The minimum Gasteiger partial charge on any atom is -0.368 e. The summed E-state index contributed by atoms with van der Waals surface area (Å²) < 4.78 is 31.3. The molecule has 0 radical (unpaired) electrons. The van der Waals surface area contributed by atoms with Crippen LogP contribution in [-0.4, -0.2) is 47.9 Å². The quantitative estimate of drug-likeness (QED) is 0.453. The Morgan fingerprint density at radius 3 is 2.79 bits per heavy atom. The zero-order chi connectivity index (χ0) is 10.6. The van der Waals surface area contributed by atoms with E-state index in [-0.39, 0.29) is 6.54 Å². The molecule has 2 unspecified atom stereocenters. The highest BCUT2D eigenvalue weighted by Crippen LogP contribution is 2.37. The van der Waals surface area contributed by atoms with Gasteiger partial charge in [0.15, 0.2) is 0 Å². The van der Waals surface area contributed by atoms with Gasteiger partial charge in [-0.25, -0.2) is 0 Å². The molecule has 2 heterocycles. The molecular weight excluding hydrogens is 210 g/mol. The van der Waals surface area contributed by atoms with E-state index in [0.717, 1.165) is 4.31 Å². The number of hydrogen-bond donors (Lipinski definition) is 3. The molecule has 2 rings (SSSR count). The standard InChI is InChI=1S/C6H11N3O4S/c7-5(10)6-3-9(14(11,12)13)4(6)1-2-8-6/h4,8H,1-3H2,(H2,7,10)(H,11,12,13). The number of rotatable bonds is 2. The van der Waals surface area contributed by atoms with Crippen molar-refractivity contribution in [2.45, 2.75) is 18.0 Å². The van der Waals surface area contributed by atoms with Gasteiger partial charge in [-0.1, -0.05) is 0 Å². The van der Waals surface area contributed by atoms with Crippen LogP contribution in [0.4, 0.5) is 0 Å². The number of nitrogens with one attached hydrogen (secondary N) is 1. The van der Waals surface area contributed by atoms with Gasteiger partial charge in [0.2, 0.25) is 5.91 Å². The summed E-state index contributed by atoms with van der Waals surface area (Å²) in [5, 5.41) is 2.88. The summed E-state index contributed by atoms with van der Waals surface area (Å²) in [5.41, 5.74) is 4.21. The van der Waals surface area contributed by atoms with E-state index in [0.29, 0.717) is 13.0 Å². The predicted molar refractivity (Wildman–Crippen MR) is 46.6 cm³/mol. The molecule has 2 fully saturated rings. The van der Waals surface area contributed by atoms with Crippen molar-refractivity contribution in [3.63, 3.8) is 0 Å². The van der Waals surface area contributed by atoms with Gasteiger partial charge in [-0.2, -0.15) is 12.7 Å². The van der Waals surface area contributed by atoms with Crippen molar-refractivity contribution >= 4 is 16.2 Å². The Morgan fingerprint density at radius 1 is 1.64 bits per heavy atom. The Bertz CT molecular complexity index is 381. The van der Waals surface area contributed by atoms with Crippen molar-refractivity contribution < 1.29 is 17.8 Å². The normalized spacial score (nSPS) is 37.6. The van der Waals surface area contributed by atoms with Crippen LogP contribution in [0.15, 0.2) is 0 Å². The Hall–Kier alpha value is -0.700. The molecule has 2 aliphatic heterocycles. The fourth-order valence-electron chi connectivity index (χ4n) is 2.16. The van der Waals surface area contributed by atoms with Crippen LogP contribution in [0.3, 0.4) is 0 Å². The molecule has 2 aliphatic rings. The van der Waals surface area contributed by atoms with Crippen LogP contribution in [-0.2, 0) is 15.1 Å². The van der Waals surface area contributed by atoms with Gasteiger partial charge in [-0.15, -0.1) is 0 Å². The maximum Gasteiger partial charge on any atom is 0.336 e. The van der Waals surface area contributed by atoms with Crippen LogP contribution in [0.1, 0.15) is 6.42 Å². The fraction of sp³-hybridized carbons (Fsp3) is 0.833. The number of fused-ring (bicyclic) bond motifs is 1. The Balaban J connectivity index is 2.26. The summed E-state index contributed by atoms with van der Waals surface area (Å²) in [6, 6.07) is -0.532. The third kappa shape index (κ3) is 1.08. The van der Waals surface area contributed by atoms with E-state index in [1.165, 1.54) is 0 Å². The molecule has 7 nitrogen and oxygen atoms in total. The molecule has 2 atom stereocenters. The molecule has 0 saturated carbocycles. The molecule has 4 N–H and O–H groups in total. The number of hydrogen-bond acceptors (Lipinski definition) is 4. The van der Waals surface area contributed by atoms with Crippen LogP contribution < -0.4 is 11.1 Å². The lowest BCUT2D eigenvalue weighted by Crippen LogP contribution is -2.77. The molecule has 0 aliphatic carbocycles. The van der Waals surface area contributed by atoms with Gasteiger partial charge >= 0.3 is 10.3 Å². The van der Waals surface area contributed by atoms with Crippen LogP contribution >= 0.6 is 0 Å². The summed E-state index contributed by atoms with van der Waals surface area (Å²) in [6.45, 7) is 0.450. The molecule has 2 saturated heterocycles. The van der Waals surface area contributed by atoms with E-state index < -0.39 is 27.8 Å². The van der Waals surface area contributed by atoms with Gasteiger partial charge in [0.05, 0.1) is 6.04 Å². The van der Waals surface area contributed by atoms with Crippen LogP contribution in [0.5, 0.6) is 0 Å². The van der Waals surface area contributed by atoms with Crippen molar-refractivity contribution in [3.8, 4) is 0 Å². The first-order valence-electron chi connectivity index (χ1n) is 4.17. The van der Waals surface area contributed by atoms with E-state index in [9.17, 15) is 13.2 Å². The first-order valence-corrected chi connectivity index (χ1v) is 5.57. The van der Waals surface area contributed by atoms with E-state index in [1.54, 1.807) is 0 Å². The molecule has 0 spiro atoms. The molecule has 0 aromatic carbocycles. The lowest BCUT2D eigenvalue weighted by molar-refractivity contribution is -0.130. The van der Waals surface area contributed by atoms with Gasteiger partial charge in [-0.05, 0) is 13.0 Å². The summed E-state index contributed by atoms with van der Waals surface area (Å²) in [4.78, 5) is 11.1. The minimum absolute atomic E-state index is 0.0775. The second kappa shape index (κ2) is 2.66. The van der Waals surface area contributed by atoms with Gasteiger partial charge in [0.1, 0.15) is 5.54 Å². The number of nitrogens with two attached hydrogens (primary N) is 1. The first kappa shape index (κ1) is 9.84. The fourth-order valence-corrected chi connectivity index (χ4v) is 3.14. The average Bonchev–Trinajstić information content (AvgIpc) is 2.26. The Labute approximate surface area is 81.1 Å². The van der Waals surface area contributed by atoms with Crippen molar-refractivity contribution in [2.75, 3.05) is 13.1 Å². The second-order valence-corrected chi connectivity index (χ2v) is 4.95. The maximum absolute atomic E-state index is 11.1. The molecule has 80 valence electrons. The monoisotopic (exact) mass is 221 g/mol. The molecule has 1 amide bonds. The van der Waals surface area contributed by atoms with Gasteiger partial charge in [0, 0.05) is 6.54 Å². The summed E-state index contributed by atoms with van der Waals surface area (Å²) in [5.74, 6) is -0.570. The average molecular weight is 221 g/mol. The van der Waals surface area contributed by atoms with Gasteiger partial charge < -0.3 is 11.1 Å². The van der Waals surface area contributed by atoms with E-state index in [2.05, 4.69) is 5.32 Å². The first-order chi connectivity index (χ1) is 6.38. The van der Waals surface area contributed by atoms with Gasteiger partial charge in [-0.3, -0.25) is 9.35 Å². The highest BCUT2D eigenvalue weighted by Gasteiger charge is 2.62. The van der Waals surface area contributed by atoms with E-state index in [4.69, 9.17) is 10.3 Å². The van der Waals surface area contributed by atoms with Crippen molar-refractivity contribution in [2.24, 2.45) is 5.73 Å². The molecule has 8 heteroatoms. The largest absolute Gasteiger partial charge is 0.368 e. The molecule has 0 aromatic heterocycles. The molecular formula is C6H11N3O4S. The topological polar surface area (TPSA) is 113 Å². The number of carbonyl (C=O) groups excluding carboxylic acids is 1. The van der Waals surface area contributed by atoms with Crippen LogP contribution in [0.25, 0.3) is 0 Å². The minimum atomic E-state index is -4.21. The third-order valence-electron chi connectivity index (χ3n) is 2.92. The zero-order valence-electron chi connectivity index (χ0n) is 7.30. The maximum atomic E-state index is 11.1. The van der Waals surface area contributed by atoms with Gasteiger partial charge in [0.25, 0.3) is 0 Å². The van der Waals surface area contributed by atoms with Crippen molar-refractivity contribution in [3.05, 3.63) is 0 Å². The highest BCUT2D eigenvalue weighted by molar-refractivity contribution is 7.83. The Kier molecular flexibility index (Phi) is 1.87. The number of amides is 1. The summed E-state index contributed by atoms with van der Waals surface area (Å²) in [7, 11) is -4.21. The lowest BCUT2D eigenvalue weighted by atomic mass is 9.83. The number of nitrogens with zero attached hydrogens (tertiary/aromatic N) is 1. The molecule has 14 heavy (non-hydrogen) atoms. The molecule has 0 aromatic rings. The number of primary amides is 1. The predicted octanol–water partition coefficient (Wildman–Crippen LogP) is -2.31. The van der Waals surface area contributed by atoms with Crippen molar-refractivity contribution in [1.82, 2.24) is 9.62 Å². The zero-order valence-corrected chi connectivity index (χ0v) is 8.12. The molecule has 0 bridgehead atoms. The summed E-state index contributed by atoms with van der Waals surface area (Å²) in [6.07, 6.45) is 0.489. The highest BCUT2D eigenvalue weighted by atomic mass is 32.2. The summed E-state index contributed by atoms with van der Waals surface area (Å²) >= 11 is 0. The number of carbonyl (C=O) groups is 1. The SMILES string of the molecule is NC(=O)C12CN(S(=O)(=O)O)C1CCN2. The van der Waals surface area contributed by atoms with Crippen LogP contribution in [0.2, 0.25) is 0 Å².